The van der Waals surface area contributed by atoms with Crippen LogP contribution in [0.4, 0.5) is 0 Å². The van der Waals surface area contributed by atoms with E-state index >= 15 is 0 Å². The van der Waals surface area contributed by atoms with E-state index in [0.29, 0.717) is 13.2 Å². The molecule has 5 nitrogen and oxygen atoms in total. The maximum absolute atomic E-state index is 5.36. The Morgan fingerprint density at radius 3 is 3.19 bits per heavy atom. The zero-order chi connectivity index (χ0) is 14.9. The number of hydrogen-bond donors (Lipinski definition) is 1. The number of hydrogen-bond acceptors (Lipinski definition) is 3. The predicted octanol–water partition coefficient (Wildman–Crippen LogP) is 2.15. The Labute approximate surface area is 127 Å². The van der Waals surface area contributed by atoms with Crippen molar-refractivity contribution in [3.8, 4) is 0 Å². The Morgan fingerprint density at radius 1 is 1.57 bits per heavy atom. The summed E-state index contributed by atoms with van der Waals surface area (Å²) >= 11 is 0. The van der Waals surface area contributed by atoms with Gasteiger partial charge in [-0.1, -0.05) is 6.92 Å². The second-order valence-corrected chi connectivity index (χ2v) is 5.65. The summed E-state index contributed by atoms with van der Waals surface area (Å²) in [6.07, 6.45) is 5.15. The molecule has 2 rings (SSSR count). The fourth-order valence-corrected chi connectivity index (χ4v) is 2.64. The first-order chi connectivity index (χ1) is 10.3. The summed E-state index contributed by atoms with van der Waals surface area (Å²) in [5.41, 5.74) is 0. The van der Waals surface area contributed by atoms with Crippen LogP contribution in [0.1, 0.15) is 25.5 Å². The van der Waals surface area contributed by atoms with Gasteiger partial charge in [0.2, 0.25) is 0 Å². The highest BCUT2D eigenvalue weighted by molar-refractivity contribution is 5.80. The molecule has 1 saturated heterocycles. The fourth-order valence-electron chi connectivity index (χ4n) is 2.64. The first-order valence-electron chi connectivity index (χ1n) is 7.84. The monoisotopic (exact) mass is 293 g/mol. The maximum Gasteiger partial charge on any atom is 0.194 e. The highest BCUT2D eigenvalue weighted by Crippen LogP contribution is 2.15. The molecule has 2 heterocycles. The molecule has 0 saturated carbocycles. The Balaban J connectivity index is 1.86. The summed E-state index contributed by atoms with van der Waals surface area (Å²) in [5, 5.41) is 3.47. The van der Waals surface area contributed by atoms with Gasteiger partial charge in [0.05, 0.1) is 19.4 Å². The molecule has 0 spiro atoms. The third kappa shape index (κ3) is 5.42. The minimum Gasteiger partial charge on any atom is -0.469 e. The molecule has 0 aliphatic carbocycles. The van der Waals surface area contributed by atoms with Crippen LogP contribution in [0.5, 0.6) is 0 Å². The lowest BCUT2D eigenvalue weighted by atomic mass is 10.0. The summed E-state index contributed by atoms with van der Waals surface area (Å²) in [5.74, 6) is 2.74. The highest BCUT2D eigenvalue weighted by atomic mass is 16.5. The van der Waals surface area contributed by atoms with Gasteiger partial charge in [0, 0.05) is 33.2 Å². The standard InChI is InChI=1S/C16H27N3O2/c1-14-5-3-10-19(13-14)16(18-9-12-20-2)17-8-7-15-6-4-11-21-15/h4,6,11,14H,3,5,7-10,12-13H2,1-2H3,(H,17,18). The van der Waals surface area contributed by atoms with Crippen molar-refractivity contribution in [3.05, 3.63) is 24.2 Å². The SMILES string of the molecule is COCCN=C(NCCc1ccco1)N1CCCC(C)C1. The number of piperidine rings is 1. The van der Waals surface area contributed by atoms with Crippen LogP contribution in [0.25, 0.3) is 0 Å². The van der Waals surface area contributed by atoms with E-state index in [2.05, 4.69) is 22.1 Å². The number of methoxy groups -OCH3 is 1. The molecule has 0 aromatic carbocycles. The van der Waals surface area contributed by atoms with Crippen molar-refractivity contribution in [2.45, 2.75) is 26.2 Å². The number of rotatable bonds is 6. The van der Waals surface area contributed by atoms with Gasteiger partial charge in [-0.15, -0.1) is 0 Å². The molecule has 1 atom stereocenters. The van der Waals surface area contributed by atoms with Crippen LogP contribution in [0.2, 0.25) is 0 Å². The van der Waals surface area contributed by atoms with Crippen LogP contribution in [0.3, 0.4) is 0 Å². The smallest absolute Gasteiger partial charge is 0.194 e. The second-order valence-electron chi connectivity index (χ2n) is 5.65. The lowest BCUT2D eigenvalue weighted by Gasteiger charge is -2.33. The number of ether oxygens (including phenoxy) is 1. The molecule has 1 aliphatic rings. The molecule has 1 N–H and O–H groups in total. The number of aliphatic imine (C=N–C) groups is 1. The lowest BCUT2D eigenvalue weighted by molar-refractivity contribution is 0.206. The average molecular weight is 293 g/mol. The maximum atomic E-state index is 5.36. The summed E-state index contributed by atoms with van der Waals surface area (Å²) in [7, 11) is 1.71. The zero-order valence-electron chi connectivity index (χ0n) is 13.2. The summed E-state index contributed by atoms with van der Waals surface area (Å²) in [4.78, 5) is 7.03. The van der Waals surface area contributed by atoms with E-state index in [-0.39, 0.29) is 0 Å². The van der Waals surface area contributed by atoms with Crippen LogP contribution < -0.4 is 5.32 Å². The summed E-state index contributed by atoms with van der Waals surface area (Å²) in [6, 6.07) is 3.93. The third-order valence-electron chi connectivity index (χ3n) is 3.75. The van der Waals surface area contributed by atoms with E-state index in [0.717, 1.165) is 43.7 Å². The average Bonchev–Trinajstić information content (AvgIpc) is 2.99. The van der Waals surface area contributed by atoms with Crippen LogP contribution in [0.15, 0.2) is 27.8 Å². The number of nitrogens with one attached hydrogen (secondary N) is 1. The van der Waals surface area contributed by atoms with E-state index in [1.807, 2.05) is 12.1 Å². The normalized spacial score (nSPS) is 19.8. The Bertz CT molecular complexity index is 417. The molecule has 1 aliphatic heterocycles. The quantitative estimate of drug-likeness (QED) is 0.496. The van der Waals surface area contributed by atoms with E-state index in [1.54, 1.807) is 13.4 Å². The van der Waals surface area contributed by atoms with Crippen LogP contribution in [-0.4, -0.2) is 50.8 Å². The Kier molecular flexibility index (Phi) is 6.60. The number of likely N-dealkylation sites (tertiary alicyclic amines) is 1. The summed E-state index contributed by atoms with van der Waals surface area (Å²) in [6.45, 7) is 6.67. The van der Waals surface area contributed by atoms with Gasteiger partial charge < -0.3 is 19.4 Å². The zero-order valence-corrected chi connectivity index (χ0v) is 13.2. The largest absolute Gasteiger partial charge is 0.469 e. The van der Waals surface area contributed by atoms with Gasteiger partial charge in [0.15, 0.2) is 5.96 Å². The van der Waals surface area contributed by atoms with Crippen molar-refractivity contribution in [1.29, 1.82) is 0 Å². The van der Waals surface area contributed by atoms with E-state index in [9.17, 15) is 0 Å². The van der Waals surface area contributed by atoms with E-state index < -0.39 is 0 Å². The van der Waals surface area contributed by atoms with Gasteiger partial charge >= 0.3 is 0 Å². The van der Waals surface area contributed by atoms with Crippen LogP contribution in [-0.2, 0) is 11.2 Å². The molecule has 1 fully saturated rings. The number of furan rings is 1. The molecule has 1 unspecified atom stereocenters. The molecule has 0 radical (unpaired) electrons. The fraction of sp³-hybridized carbons (Fsp3) is 0.688. The van der Waals surface area contributed by atoms with Crippen LogP contribution in [0, 0.1) is 5.92 Å². The van der Waals surface area contributed by atoms with Gasteiger partial charge in [-0.2, -0.15) is 0 Å². The Morgan fingerprint density at radius 2 is 2.48 bits per heavy atom. The molecular formula is C16H27N3O2. The van der Waals surface area contributed by atoms with Crippen molar-refractivity contribution in [2.75, 3.05) is 39.9 Å². The van der Waals surface area contributed by atoms with Gasteiger partial charge in [0.25, 0.3) is 0 Å². The first-order valence-corrected chi connectivity index (χ1v) is 7.84. The van der Waals surface area contributed by atoms with Gasteiger partial charge in [-0.05, 0) is 30.9 Å². The third-order valence-corrected chi connectivity index (χ3v) is 3.75. The minimum atomic E-state index is 0.659. The van der Waals surface area contributed by atoms with E-state index in [1.165, 1.54) is 12.8 Å². The minimum absolute atomic E-state index is 0.659. The van der Waals surface area contributed by atoms with Crippen LogP contribution >= 0.6 is 0 Å². The number of guanidine groups is 1. The topological polar surface area (TPSA) is 50.0 Å². The molecule has 1 aromatic rings. The first kappa shape index (κ1) is 15.9. The second kappa shape index (κ2) is 8.72. The van der Waals surface area contributed by atoms with E-state index in [4.69, 9.17) is 9.15 Å². The molecule has 0 amide bonds. The van der Waals surface area contributed by atoms with Crippen molar-refractivity contribution in [2.24, 2.45) is 10.9 Å². The highest BCUT2D eigenvalue weighted by Gasteiger charge is 2.19. The lowest BCUT2D eigenvalue weighted by Crippen LogP contribution is -2.46. The van der Waals surface area contributed by atoms with Gasteiger partial charge in [-0.3, -0.25) is 4.99 Å². The van der Waals surface area contributed by atoms with Crippen molar-refractivity contribution >= 4 is 5.96 Å². The Hall–Kier alpha value is -1.49. The van der Waals surface area contributed by atoms with Crippen molar-refractivity contribution in [1.82, 2.24) is 10.2 Å². The van der Waals surface area contributed by atoms with Gasteiger partial charge in [-0.25, -0.2) is 0 Å². The molecule has 1 aromatic heterocycles. The molecular weight excluding hydrogens is 266 g/mol. The molecule has 118 valence electrons. The predicted molar refractivity (Wildman–Crippen MR) is 84.6 cm³/mol. The van der Waals surface area contributed by atoms with Crippen molar-refractivity contribution in [3.63, 3.8) is 0 Å². The van der Waals surface area contributed by atoms with Crippen molar-refractivity contribution < 1.29 is 9.15 Å². The van der Waals surface area contributed by atoms with Gasteiger partial charge in [0.1, 0.15) is 5.76 Å². The summed E-state index contributed by atoms with van der Waals surface area (Å²) < 4.78 is 10.5. The molecule has 21 heavy (non-hydrogen) atoms. The molecule has 5 heteroatoms. The number of nitrogens with zero attached hydrogens (tertiary/aromatic N) is 2. The molecule has 0 bridgehead atoms.